The molecule has 0 fully saturated rings. The van der Waals surface area contributed by atoms with Gasteiger partial charge in [0.25, 0.3) is 0 Å². The highest BCUT2D eigenvalue weighted by atomic mass is 15.3. The van der Waals surface area contributed by atoms with Crippen LogP contribution in [0.3, 0.4) is 0 Å². The van der Waals surface area contributed by atoms with Gasteiger partial charge in [0.05, 0.1) is 0 Å². The predicted octanol–water partition coefficient (Wildman–Crippen LogP) is 1.80. The fourth-order valence-corrected chi connectivity index (χ4v) is 0.807. The second kappa shape index (κ2) is 6.62. The maximum atomic E-state index is 3.08. The largest absolute Gasteiger partial charge is 0.326 e. The van der Waals surface area contributed by atoms with Gasteiger partial charge in [0, 0.05) is 12.7 Å². The standard InChI is InChI=1S/C8H18N2/c1-4-6-7-8(5-2)10-9-3/h5,9-10H,4,6-7H2,1-3H3/b8-5-. The summed E-state index contributed by atoms with van der Waals surface area (Å²) in [7, 11) is 1.88. The van der Waals surface area contributed by atoms with Crippen LogP contribution in [0.1, 0.15) is 33.1 Å². The number of hydrogen-bond acceptors (Lipinski definition) is 2. The molecule has 2 heteroatoms. The van der Waals surface area contributed by atoms with Gasteiger partial charge in [-0.05, 0) is 19.8 Å². The number of unbranched alkanes of at least 4 members (excludes halogenated alkanes) is 1. The van der Waals surface area contributed by atoms with Gasteiger partial charge < -0.3 is 5.43 Å². The summed E-state index contributed by atoms with van der Waals surface area (Å²) >= 11 is 0. The summed E-state index contributed by atoms with van der Waals surface area (Å²) in [6.07, 6.45) is 5.76. The summed E-state index contributed by atoms with van der Waals surface area (Å²) in [6, 6.07) is 0. The van der Waals surface area contributed by atoms with Gasteiger partial charge in [-0.2, -0.15) is 0 Å². The number of rotatable bonds is 5. The van der Waals surface area contributed by atoms with Crippen molar-refractivity contribution in [1.82, 2.24) is 10.9 Å². The molecule has 0 saturated heterocycles. The van der Waals surface area contributed by atoms with Crippen molar-refractivity contribution in [3.63, 3.8) is 0 Å². The zero-order valence-corrected chi connectivity index (χ0v) is 7.20. The van der Waals surface area contributed by atoms with Crippen LogP contribution in [-0.4, -0.2) is 7.05 Å². The van der Waals surface area contributed by atoms with Crippen molar-refractivity contribution in [1.29, 1.82) is 0 Å². The molecule has 0 aromatic rings. The molecule has 0 bridgehead atoms. The molecule has 0 radical (unpaired) electrons. The quantitative estimate of drug-likeness (QED) is 0.572. The van der Waals surface area contributed by atoms with Gasteiger partial charge in [0.15, 0.2) is 0 Å². The SMILES string of the molecule is C/C=C(/CCCC)NNC. The van der Waals surface area contributed by atoms with Crippen LogP contribution in [0.2, 0.25) is 0 Å². The van der Waals surface area contributed by atoms with Crippen LogP contribution in [0, 0.1) is 0 Å². The van der Waals surface area contributed by atoms with Crippen LogP contribution in [0.15, 0.2) is 11.8 Å². The predicted molar refractivity (Wildman–Crippen MR) is 45.5 cm³/mol. The van der Waals surface area contributed by atoms with Crippen molar-refractivity contribution >= 4 is 0 Å². The van der Waals surface area contributed by atoms with Crippen LogP contribution in [-0.2, 0) is 0 Å². The van der Waals surface area contributed by atoms with Gasteiger partial charge in [-0.15, -0.1) is 0 Å². The van der Waals surface area contributed by atoms with E-state index in [9.17, 15) is 0 Å². The zero-order chi connectivity index (χ0) is 7.82. The molecule has 0 aliphatic heterocycles. The normalized spacial score (nSPS) is 11.7. The van der Waals surface area contributed by atoms with Crippen LogP contribution in [0.25, 0.3) is 0 Å². The van der Waals surface area contributed by atoms with Crippen LogP contribution < -0.4 is 10.9 Å². The Bertz CT molecular complexity index is 97.4. The van der Waals surface area contributed by atoms with Crippen molar-refractivity contribution in [2.75, 3.05) is 7.05 Å². The molecule has 0 unspecified atom stereocenters. The van der Waals surface area contributed by atoms with Gasteiger partial charge in [0.1, 0.15) is 0 Å². The Hall–Kier alpha value is -0.500. The molecular formula is C8H18N2. The summed E-state index contributed by atoms with van der Waals surface area (Å²) in [6.45, 7) is 4.25. The van der Waals surface area contributed by atoms with Gasteiger partial charge >= 0.3 is 0 Å². The Morgan fingerprint density at radius 2 is 2.20 bits per heavy atom. The van der Waals surface area contributed by atoms with E-state index in [1.165, 1.54) is 18.5 Å². The highest BCUT2D eigenvalue weighted by molar-refractivity contribution is 4.95. The average Bonchev–Trinajstić information content (AvgIpc) is 1.98. The summed E-state index contributed by atoms with van der Waals surface area (Å²) in [5.74, 6) is 0. The topological polar surface area (TPSA) is 24.1 Å². The molecule has 0 amide bonds. The molecule has 0 atom stereocenters. The van der Waals surface area contributed by atoms with E-state index in [1.807, 2.05) is 7.05 Å². The Labute approximate surface area is 63.7 Å². The number of nitrogens with one attached hydrogen (secondary N) is 2. The third-order valence-corrected chi connectivity index (χ3v) is 1.43. The molecule has 0 saturated carbocycles. The second-order valence-corrected chi connectivity index (χ2v) is 2.29. The maximum Gasteiger partial charge on any atom is 0.0219 e. The summed E-state index contributed by atoms with van der Waals surface area (Å²) in [4.78, 5) is 0. The van der Waals surface area contributed by atoms with Crippen molar-refractivity contribution in [3.05, 3.63) is 11.8 Å². The average molecular weight is 142 g/mol. The van der Waals surface area contributed by atoms with E-state index in [-0.39, 0.29) is 0 Å². The van der Waals surface area contributed by atoms with E-state index in [4.69, 9.17) is 0 Å². The van der Waals surface area contributed by atoms with Gasteiger partial charge in [-0.25, -0.2) is 5.43 Å². The number of hydrogen-bond donors (Lipinski definition) is 2. The van der Waals surface area contributed by atoms with E-state index in [2.05, 4.69) is 30.8 Å². The molecule has 0 aliphatic rings. The minimum absolute atomic E-state index is 1.15. The Kier molecular flexibility index (Phi) is 6.29. The Morgan fingerprint density at radius 3 is 2.60 bits per heavy atom. The highest BCUT2D eigenvalue weighted by Gasteiger charge is 1.90. The molecule has 10 heavy (non-hydrogen) atoms. The second-order valence-electron chi connectivity index (χ2n) is 2.29. The first-order valence-electron chi connectivity index (χ1n) is 3.93. The molecule has 60 valence electrons. The van der Waals surface area contributed by atoms with Crippen molar-refractivity contribution in [3.8, 4) is 0 Å². The van der Waals surface area contributed by atoms with E-state index in [0.717, 1.165) is 6.42 Å². The minimum atomic E-state index is 1.15. The first-order valence-corrected chi connectivity index (χ1v) is 3.93. The molecule has 0 aliphatic carbocycles. The molecule has 2 nitrogen and oxygen atoms in total. The fraction of sp³-hybridized carbons (Fsp3) is 0.750. The fourth-order valence-electron chi connectivity index (χ4n) is 0.807. The third-order valence-electron chi connectivity index (χ3n) is 1.43. The van der Waals surface area contributed by atoms with E-state index < -0.39 is 0 Å². The molecule has 0 heterocycles. The molecule has 0 aromatic carbocycles. The van der Waals surface area contributed by atoms with Gasteiger partial charge in [0.2, 0.25) is 0 Å². The van der Waals surface area contributed by atoms with Gasteiger partial charge in [-0.1, -0.05) is 19.4 Å². The molecule has 2 N–H and O–H groups in total. The molecule has 0 rings (SSSR count). The third kappa shape index (κ3) is 4.39. The van der Waals surface area contributed by atoms with Crippen molar-refractivity contribution < 1.29 is 0 Å². The van der Waals surface area contributed by atoms with Crippen LogP contribution in [0.5, 0.6) is 0 Å². The molecule has 0 spiro atoms. The van der Waals surface area contributed by atoms with Crippen LogP contribution in [0.4, 0.5) is 0 Å². The minimum Gasteiger partial charge on any atom is -0.326 e. The maximum absolute atomic E-state index is 3.08. The lowest BCUT2D eigenvalue weighted by Gasteiger charge is -2.07. The number of allylic oxidation sites excluding steroid dienone is 2. The summed E-state index contributed by atoms with van der Waals surface area (Å²) in [5.41, 5.74) is 7.27. The van der Waals surface area contributed by atoms with E-state index >= 15 is 0 Å². The van der Waals surface area contributed by atoms with Crippen LogP contribution >= 0.6 is 0 Å². The lowest BCUT2D eigenvalue weighted by atomic mass is 10.2. The van der Waals surface area contributed by atoms with Crippen molar-refractivity contribution in [2.45, 2.75) is 33.1 Å². The Balaban J connectivity index is 3.41. The number of hydrazine groups is 1. The van der Waals surface area contributed by atoms with E-state index in [0.29, 0.717) is 0 Å². The summed E-state index contributed by atoms with van der Waals surface area (Å²) < 4.78 is 0. The smallest absolute Gasteiger partial charge is 0.0219 e. The Morgan fingerprint density at radius 1 is 1.50 bits per heavy atom. The first-order chi connectivity index (χ1) is 4.85. The first kappa shape index (κ1) is 9.50. The van der Waals surface area contributed by atoms with Crippen molar-refractivity contribution in [2.24, 2.45) is 0 Å². The molecular weight excluding hydrogens is 124 g/mol. The lowest BCUT2D eigenvalue weighted by molar-refractivity contribution is 0.633. The monoisotopic (exact) mass is 142 g/mol. The highest BCUT2D eigenvalue weighted by Crippen LogP contribution is 2.01. The van der Waals surface area contributed by atoms with E-state index in [1.54, 1.807) is 0 Å². The zero-order valence-electron chi connectivity index (χ0n) is 7.20. The van der Waals surface area contributed by atoms with Gasteiger partial charge in [-0.3, -0.25) is 0 Å². The lowest BCUT2D eigenvalue weighted by Crippen LogP contribution is -2.26. The summed E-state index contributed by atoms with van der Waals surface area (Å²) in [5, 5.41) is 0. The molecule has 0 aromatic heterocycles.